The van der Waals surface area contributed by atoms with Gasteiger partial charge >= 0.3 is 23.9 Å². The molecule has 0 aliphatic heterocycles. The maximum Gasteiger partial charge on any atom is 0.336 e. The molecule has 3 aromatic heterocycles. The fraction of sp³-hybridized carbons (Fsp3) is 0.463. The largest absolute Gasteiger partial charge is 0.462 e. The Morgan fingerprint density at radius 2 is 1.35 bits per heavy atom. The minimum Gasteiger partial charge on any atom is -0.462 e. The molecule has 0 aliphatic rings. The van der Waals surface area contributed by atoms with Crippen LogP contribution in [0.1, 0.15) is 113 Å². The third kappa shape index (κ3) is 11.2. The average Bonchev–Trinajstić information content (AvgIpc) is 3.93. The van der Waals surface area contributed by atoms with E-state index in [0.29, 0.717) is 35.7 Å². The van der Waals surface area contributed by atoms with Gasteiger partial charge in [-0.1, -0.05) is 40.5 Å². The van der Waals surface area contributed by atoms with Crippen molar-refractivity contribution in [3.05, 3.63) is 107 Å². The lowest BCUT2D eigenvalue weighted by atomic mass is 9.76. The molecule has 3 heterocycles. The van der Waals surface area contributed by atoms with Gasteiger partial charge in [0.25, 0.3) is 0 Å². The number of furan rings is 3. The van der Waals surface area contributed by atoms with Crippen molar-refractivity contribution in [2.75, 3.05) is 0 Å². The first kappa shape index (κ1) is 44.2. The van der Waals surface area contributed by atoms with Gasteiger partial charge in [-0.3, -0.25) is 4.79 Å². The number of ether oxygens (including phenoxy) is 4. The Labute approximate surface area is 320 Å². The second-order valence-electron chi connectivity index (χ2n) is 13.7. The van der Waals surface area contributed by atoms with Gasteiger partial charge in [-0.2, -0.15) is 0 Å². The van der Waals surface area contributed by atoms with Crippen LogP contribution in [-0.2, 0) is 63.4 Å². The van der Waals surface area contributed by atoms with Crippen LogP contribution >= 0.6 is 0 Å². The highest BCUT2D eigenvalue weighted by Crippen LogP contribution is 2.36. The van der Waals surface area contributed by atoms with Gasteiger partial charge in [-0.15, -0.1) is 0 Å². The molecule has 0 amide bonds. The van der Waals surface area contributed by atoms with Crippen LogP contribution in [0.5, 0.6) is 0 Å². The van der Waals surface area contributed by atoms with Crippen molar-refractivity contribution in [3.63, 3.8) is 0 Å². The quantitative estimate of drug-likeness (QED) is 0.0623. The molecule has 55 heavy (non-hydrogen) atoms. The highest BCUT2D eigenvalue weighted by molar-refractivity contribution is 5.90. The summed E-state index contributed by atoms with van der Waals surface area (Å²) in [7, 11) is 0. The predicted molar refractivity (Wildman–Crippen MR) is 197 cm³/mol. The first-order valence-electron chi connectivity index (χ1n) is 17.9. The lowest BCUT2D eigenvalue weighted by molar-refractivity contribution is -0.146. The molecule has 0 aromatic carbocycles. The molecule has 0 bridgehead atoms. The van der Waals surface area contributed by atoms with Gasteiger partial charge in [0, 0.05) is 12.3 Å². The van der Waals surface area contributed by atoms with Crippen LogP contribution in [0.3, 0.4) is 0 Å². The Bertz CT molecular complexity index is 1850. The van der Waals surface area contributed by atoms with E-state index in [4.69, 9.17) is 32.2 Å². The van der Waals surface area contributed by atoms with Crippen molar-refractivity contribution < 1.29 is 66.7 Å². The van der Waals surface area contributed by atoms with Crippen LogP contribution in [0, 0.1) is 6.92 Å². The zero-order valence-corrected chi connectivity index (χ0v) is 32.5. The number of aryl methyl sites for hydroxylation is 1. The summed E-state index contributed by atoms with van der Waals surface area (Å²) in [6, 6.07) is 7.69. The van der Waals surface area contributed by atoms with Crippen LogP contribution in [0.25, 0.3) is 0 Å². The summed E-state index contributed by atoms with van der Waals surface area (Å²) >= 11 is 0. The highest BCUT2D eigenvalue weighted by Gasteiger charge is 2.40. The van der Waals surface area contributed by atoms with Gasteiger partial charge in [-0.05, 0) is 76.4 Å². The molecule has 0 radical (unpaired) electrons. The summed E-state index contributed by atoms with van der Waals surface area (Å²) < 4.78 is 38.2. The predicted octanol–water partition coefficient (Wildman–Crippen LogP) is 6.25. The van der Waals surface area contributed by atoms with E-state index in [1.165, 1.54) is 12.1 Å². The summed E-state index contributed by atoms with van der Waals surface area (Å²) in [5, 5.41) is 32.7. The van der Waals surface area contributed by atoms with Gasteiger partial charge in [0.2, 0.25) is 0 Å². The van der Waals surface area contributed by atoms with Crippen molar-refractivity contribution in [1.82, 2.24) is 0 Å². The molecule has 5 atom stereocenters. The molecule has 0 saturated heterocycles. The van der Waals surface area contributed by atoms with Crippen molar-refractivity contribution in [2.24, 2.45) is 0 Å². The molecular formula is C41H52O14. The van der Waals surface area contributed by atoms with Gasteiger partial charge < -0.3 is 47.5 Å². The number of hydrogen-bond donors (Lipinski definition) is 3. The molecule has 0 aliphatic carbocycles. The Balaban J connectivity index is 1.54. The van der Waals surface area contributed by atoms with Crippen molar-refractivity contribution in [2.45, 2.75) is 123 Å². The van der Waals surface area contributed by atoms with Crippen LogP contribution in [0.15, 0.2) is 80.0 Å². The molecule has 5 unspecified atom stereocenters. The van der Waals surface area contributed by atoms with E-state index >= 15 is 0 Å². The van der Waals surface area contributed by atoms with Crippen LogP contribution in [0.4, 0.5) is 0 Å². The average molecular weight is 769 g/mol. The van der Waals surface area contributed by atoms with Crippen LogP contribution < -0.4 is 0 Å². The molecule has 14 nitrogen and oxygen atoms in total. The number of aliphatic hydroxyl groups excluding tert-OH is 3. The van der Waals surface area contributed by atoms with E-state index in [9.17, 15) is 34.5 Å². The number of carbonyl (C=O) groups is 4. The van der Waals surface area contributed by atoms with Gasteiger partial charge in [0.1, 0.15) is 60.5 Å². The highest BCUT2D eigenvalue weighted by atomic mass is 16.6. The molecule has 14 heteroatoms. The molecule has 0 saturated carbocycles. The third-order valence-corrected chi connectivity index (χ3v) is 9.08. The molecule has 300 valence electrons. The van der Waals surface area contributed by atoms with E-state index in [1.807, 2.05) is 13.8 Å². The van der Waals surface area contributed by atoms with E-state index in [-0.39, 0.29) is 72.3 Å². The van der Waals surface area contributed by atoms with E-state index in [2.05, 4.69) is 19.7 Å². The molecule has 3 N–H and O–H groups in total. The Morgan fingerprint density at radius 3 is 1.96 bits per heavy atom. The van der Waals surface area contributed by atoms with Gasteiger partial charge in [0.15, 0.2) is 0 Å². The maximum absolute atomic E-state index is 12.9. The molecule has 0 fully saturated rings. The summed E-state index contributed by atoms with van der Waals surface area (Å²) in [5.74, 6) is -2.22. The fourth-order valence-corrected chi connectivity index (χ4v) is 5.49. The van der Waals surface area contributed by atoms with Crippen molar-refractivity contribution >= 4 is 23.9 Å². The van der Waals surface area contributed by atoms with Crippen LogP contribution in [0.2, 0.25) is 0 Å². The second kappa shape index (κ2) is 19.4. The normalized spacial score (nSPS) is 14.6. The Kier molecular flexibility index (Phi) is 15.6. The second-order valence-corrected chi connectivity index (χ2v) is 13.7. The number of rotatable bonds is 21. The third-order valence-electron chi connectivity index (χ3n) is 9.08. The number of aliphatic hydroxyl groups is 3. The lowest BCUT2D eigenvalue weighted by Gasteiger charge is -2.32. The molecule has 3 aromatic rings. The minimum absolute atomic E-state index is 0.0673. The summed E-state index contributed by atoms with van der Waals surface area (Å²) in [6.45, 7) is 22.4. The Hall–Kier alpha value is -5.18. The Morgan fingerprint density at radius 1 is 0.764 bits per heavy atom. The monoisotopic (exact) mass is 768 g/mol. The van der Waals surface area contributed by atoms with E-state index < -0.39 is 47.6 Å². The zero-order valence-electron chi connectivity index (χ0n) is 32.5. The first-order chi connectivity index (χ1) is 25.8. The number of carbonyl (C=O) groups excluding carboxylic acids is 4. The number of hydrogen-bond acceptors (Lipinski definition) is 14. The van der Waals surface area contributed by atoms with E-state index in [0.717, 1.165) is 0 Å². The standard InChI is InChI=1S/C41H52O14/c1-11-13-33(42)49-19-29-15-17-32(54-29)41(10,12-2)37(45)27(9)39(47)50-20-28-14-16-31(53-28)35(44)26(8)38(46)51-21-30-18-23(5)36(55-30)24(6)34(43)25(7)40(48)52-22(3)4/h14-18,22,24,34-35,37,43-45H,7-9,11-13,19-21H2,1-6,10H3. The SMILES string of the molecule is C=C(C(=O)OCc1cc(C)c(C(C)C(O)C(=C)C(=O)OC(C)C)o1)C(O)c1ccc(COC(=O)C(=C)C(O)C(C)(CC)c2ccc(COC(=O)CCC)o2)o1. The van der Waals surface area contributed by atoms with Gasteiger partial charge in [0.05, 0.1) is 40.4 Å². The summed E-state index contributed by atoms with van der Waals surface area (Å²) in [6.07, 6.45) is -3.38. The van der Waals surface area contributed by atoms with Crippen LogP contribution in [-0.4, -0.2) is 57.5 Å². The summed E-state index contributed by atoms with van der Waals surface area (Å²) in [4.78, 5) is 49.6. The number of esters is 4. The molecule has 0 spiro atoms. The first-order valence-corrected chi connectivity index (χ1v) is 17.9. The fourth-order valence-electron chi connectivity index (χ4n) is 5.49. The minimum atomic E-state index is -1.60. The van der Waals surface area contributed by atoms with Gasteiger partial charge in [-0.25, -0.2) is 14.4 Å². The lowest BCUT2D eigenvalue weighted by Crippen LogP contribution is -2.39. The maximum atomic E-state index is 12.9. The molecule has 3 rings (SSSR count). The van der Waals surface area contributed by atoms with Crippen molar-refractivity contribution in [3.8, 4) is 0 Å². The van der Waals surface area contributed by atoms with E-state index in [1.54, 1.807) is 52.8 Å². The summed E-state index contributed by atoms with van der Waals surface area (Å²) in [5.41, 5.74) is -1.14. The molecular weight excluding hydrogens is 716 g/mol. The zero-order chi connectivity index (χ0) is 41.2. The topological polar surface area (TPSA) is 205 Å². The van der Waals surface area contributed by atoms with Crippen molar-refractivity contribution in [1.29, 1.82) is 0 Å². The smallest absolute Gasteiger partial charge is 0.336 e.